The molecule has 12 nitrogen and oxygen atoms in total. The fourth-order valence-electron chi connectivity index (χ4n) is 5.36. The van der Waals surface area contributed by atoms with Crippen molar-refractivity contribution in [3.63, 3.8) is 0 Å². The number of amides is 1. The van der Waals surface area contributed by atoms with Crippen molar-refractivity contribution in [2.45, 2.75) is 31.7 Å². The largest absolute Gasteiger partial charge is 0.383 e. The maximum Gasteiger partial charge on any atom is 0.348 e. The number of nitrogens with zero attached hydrogens (tertiary/aromatic N) is 6. The number of carbonyl (C=O) groups excluding carboxylic acids is 1. The van der Waals surface area contributed by atoms with Crippen LogP contribution in [0.25, 0.3) is 22.3 Å². The minimum atomic E-state index is -0.349. The highest BCUT2D eigenvalue weighted by Gasteiger charge is 2.34. The van der Waals surface area contributed by atoms with Crippen molar-refractivity contribution in [1.29, 1.82) is 0 Å². The molecule has 2 N–H and O–H groups in total. The molecule has 228 valence electrons. The number of hydrogen-bond donors (Lipinski definition) is 2. The average molecular weight is 626 g/mol. The van der Waals surface area contributed by atoms with Gasteiger partial charge in [0, 0.05) is 48.2 Å². The van der Waals surface area contributed by atoms with Gasteiger partial charge >= 0.3 is 5.69 Å². The number of aromatic nitrogens is 4. The lowest BCUT2D eigenvalue weighted by atomic mass is 9.85. The van der Waals surface area contributed by atoms with Crippen molar-refractivity contribution in [3.05, 3.63) is 99.5 Å². The number of benzene rings is 3. The highest BCUT2D eigenvalue weighted by atomic mass is 35.5. The average Bonchev–Trinajstić information content (AvgIpc) is 3.57. The second kappa shape index (κ2) is 13.2. The Hall–Kier alpha value is -5.23. The van der Waals surface area contributed by atoms with Crippen LogP contribution in [0.1, 0.15) is 42.5 Å². The van der Waals surface area contributed by atoms with Gasteiger partial charge in [-0.1, -0.05) is 79.2 Å². The van der Waals surface area contributed by atoms with Crippen LogP contribution in [0.5, 0.6) is 0 Å². The minimum absolute atomic E-state index is 0.117. The van der Waals surface area contributed by atoms with Gasteiger partial charge in [-0.05, 0) is 22.8 Å². The Morgan fingerprint density at radius 1 is 0.956 bits per heavy atom. The lowest BCUT2D eigenvalue weighted by molar-refractivity contribution is -0.735. The van der Waals surface area contributed by atoms with Crippen LogP contribution in [-0.4, -0.2) is 63.3 Å². The summed E-state index contributed by atoms with van der Waals surface area (Å²) < 4.78 is 4.83. The molecule has 2 atom stereocenters. The third-order valence-electron chi connectivity index (χ3n) is 7.72. The van der Waals surface area contributed by atoms with E-state index >= 15 is 0 Å². The molecule has 2 aromatic heterocycles. The SMILES string of the molecule is CO[N+](=O)c1ccc(NCCCNC(=O)CC2N=C(c3ccccc3)c3c(nnc(-c4ccccc4)c3Cl)C2C)c2nonc12. The van der Waals surface area contributed by atoms with Gasteiger partial charge in [-0.2, -0.15) is 5.10 Å². The second-order valence-electron chi connectivity index (χ2n) is 10.6. The van der Waals surface area contributed by atoms with E-state index in [0.29, 0.717) is 52.1 Å². The van der Waals surface area contributed by atoms with E-state index in [1.807, 2.05) is 67.6 Å². The summed E-state index contributed by atoms with van der Waals surface area (Å²) in [5, 5.41) is 23.6. The zero-order valence-electron chi connectivity index (χ0n) is 24.6. The van der Waals surface area contributed by atoms with Gasteiger partial charge in [-0.25, -0.2) is 9.47 Å². The summed E-state index contributed by atoms with van der Waals surface area (Å²) in [4.78, 5) is 35.1. The summed E-state index contributed by atoms with van der Waals surface area (Å²) in [6.07, 6.45) is 0.818. The van der Waals surface area contributed by atoms with E-state index in [9.17, 15) is 9.70 Å². The Bertz CT molecular complexity index is 1880. The van der Waals surface area contributed by atoms with Gasteiger partial charge in [0.2, 0.25) is 11.4 Å². The highest BCUT2D eigenvalue weighted by molar-refractivity contribution is 6.38. The normalized spacial score (nSPS) is 15.7. The number of hydrogen-bond acceptors (Lipinski definition) is 10. The monoisotopic (exact) mass is 625 g/mol. The number of rotatable bonds is 11. The van der Waals surface area contributed by atoms with Crippen LogP contribution in [0.2, 0.25) is 5.02 Å². The van der Waals surface area contributed by atoms with E-state index in [2.05, 4.69) is 31.1 Å². The molecule has 1 aliphatic rings. The Morgan fingerprint density at radius 3 is 2.40 bits per heavy atom. The molecule has 0 spiro atoms. The molecule has 0 bridgehead atoms. The lowest BCUT2D eigenvalue weighted by Crippen LogP contribution is -2.34. The van der Waals surface area contributed by atoms with E-state index in [1.54, 1.807) is 12.1 Å². The first-order valence-electron chi connectivity index (χ1n) is 14.5. The van der Waals surface area contributed by atoms with Gasteiger partial charge < -0.3 is 10.6 Å². The number of nitrogens with one attached hydrogen (secondary N) is 2. The first-order chi connectivity index (χ1) is 22.0. The standard InChI is InChI=1S/C32H29ClN8O4/c1-19-23(18-25(42)35-17-9-16-34-22-14-15-24(41(43)44-2)32-31(22)39-45-40-32)36-29(20-10-5-3-6-11-20)26-27(33)30(38-37-28(19)26)21-12-7-4-8-13-21/h3-8,10-15,19,23H,9,16-18H2,1-2H3,(H-,34,35,40,42,43)/p+1. The third-order valence-corrected chi connectivity index (χ3v) is 8.09. The first kappa shape index (κ1) is 29.8. The fraction of sp³-hybridized carbons (Fsp3) is 0.250. The van der Waals surface area contributed by atoms with E-state index in [0.717, 1.165) is 22.4 Å². The van der Waals surface area contributed by atoms with Gasteiger partial charge in [0.1, 0.15) is 5.69 Å². The fourth-order valence-corrected chi connectivity index (χ4v) is 5.69. The zero-order valence-corrected chi connectivity index (χ0v) is 25.4. The van der Waals surface area contributed by atoms with Gasteiger partial charge in [0.25, 0.3) is 4.92 Å². The number of fused-ring (bicyclic) bond motifs is 2. The molecule has 13 heteroatoms. The molecule has 5 aromatic rings. The van der Waals surface area contributed by atoms with E-state index in [4.69, 9.17) is 26.1 Å². The van der Waals surface area contributed by atoms with Crippen molar-refractivity contribution in [3.8, 4) is 11.3 Å². The lowest BCUT2D eigenvalue weighted by Gasteiger charge is -2.29. The van der Waals surface area contributed by atoms with Crippen LogP contribution in [0.3, 0.4) is 0 Å². The highest BCUT2D eigenvalue weighted by Crippen LogP contribution is 2.39. The van der Waals surface area contributed by atoms with E-state index in [-0.39, 0.29) is 35.5 Å². The molecule has 0 radical (unpaired) electrons. The summed E-state index contributed by atoms with van der Waals surface area (Å²) >= 11 is 7.02. The summed E-state index contributed by atoms with van der Waals surface area (Å²) in [5.74, 6) is -0.298. The van der Waals surface area contributed by atoms with Crippen molar-refractivity contribution in [1.82, 2.24) is 25.8 Å². The van der Waals surface area contributed by atoms with Crippen molar-refractivity contribution in [2.75, 3.05) is 25.5 Å². The van der Waals surface area contributed by atoms with Gasteiger partial charge in [0.15, 0.2) is 12.6 Å². The topological polar surface area (TPSA) is 148 Å². The zero-order chi connectivity index (χ0) is 31.3. The van der Waals surface area contributed by atoms with Crippen molar-refractivity contribution >= 4 is 45.6 Å². The summed E-state index contributed by atoms with van der Waals surface area (Å²) in [6.45, 7) is 2.98. The van der Waals surface area contributed by atoms with Crippen LogP contribution in [0, 0.1) is 4.91 Å². The maximum absolute atomic E-state index is 13.1. The van der Waals surface area contributed by atoms with Crippen molar-refractivity contribution < 1.29 is 19.2 Å². The predicted molar refractivity (Wildman–Crippen MR) is 170 cm³/mol. The Kier molecular flexibility index (Phi) is 8.74. The molecule has 0 saturated carbocycles. The number of halogens is 1. The molecule has 1 amide bonds. The number of carbonyl (C=O) groups is 1. The number of anilines is 1. The van der Waals surface area contributed by atoms with E-state index < -0.39 is 0 Å². The van der Waals surface area contributed by atoms with Crippen molar-refractivity contribution in [2.24, 2.45) is 4.99 Å². The summed E-state index contributed by atoms with van der Waals surface area (Å²) in [6, 6.07) is 22.4. The van der Waals surface area contributed by atoms with Gasteiger partial charge in [0.05, 0.1) is 33.1 Å². The number of aliphatic imine (C=N–C) groups is 1. The van der Waals surface area contributed by atoms with E-state index in [1.165, 1.54) is 7.11 Å². The molecule has 2 unspecified atom stereocenters. The third kappa shape index (κ3) is 6.09. The molecule has 0 aliphatic carbocycles. The minimum Gasteiger partial charge on any atom is -0.383 e. The molecule has 6 rings (SSSR count). The van der Waals surface area contributed by atoms with Crippen LogP contribution in [0.4, 0.5) is 11.4 Å². The van der Waals surface area contributed by atoms with Crippen LogP contribution in [-0.2, 0) is 9.63 Å². The van der Waals surface area contributed by atoms with Crippen LogP contribution >= 0.6 is 11.6 Å². The Morgan fingerprint density at radius 2 is 1.67 bits per heavy atom. The maximum atomic E-state index is 13.1. The molecule has 3 heterocycles. The molecule has 0 fully saturated rings. The van der Waals surface area contributed by atoms with Gasteiger partial charge in [-0.3, -0.25) is 9.79 Å². The molecule has 1 aliphatic heterocycles. The molecule has 3 aromatic carbocycles. The summed E-state index contributed by atoms with van der Waals surface area (Å²) in [7, 11) is 1.26. The Labute approximate surface area is 263 Å². The second-order valence-corrected chi connectivity index (χ2v) is 10.9. The smallest absolute Gasteiger partial charge is 0.348 e. The Balaban J connectivity index is 1.13. The molecular formula is C32H30ClN8O4+. The predicted octanol–water partition coefficient (Wildman–Crippen LogP) is 5.64. The quantitative estimate of drug-likeness (QED) is 0.141. The molecule has 0 saturated heterocycles. The molecular weight excluding hydrogens is 596 g/mol. The molecule has 45 heavy (non-hydrogen) atoms. The van der Waals surface area contributed by atoms with Crippen LogP contribution < -0.4 is 10.6 Å². The van der Waals surface area contributed by atoms with Crippen LogP contribution in [0.15, 0.2) is 82.4 Å². The summed E-state index contributed by atoms with van der Waals surface area (Å²) in [5.41, 5.74) is 6.07. The first-order valence-corrected chi connectivity index (χ1v) is 14.9. The van der Waals surface area contributed by atoms with Gasteiger partial charge in [-0.15, -0.1) is 5.10 Å².